The van der Waals surface area contributed by atoms with Crippen molar-refractivity contribution in [3.63, 3.8) is 0 Å². The summed E-state index contributed by atoms with van der Waals surface area (Å²) in [6.45, 7) is 6.93. The summed E-state index contributed by atoms with van der Waals surface area (Å²) in [6.07, 6.45) is 3.46. The molecule has 0 unspecified atom stereocenters. The Hall–Kier alpha value is -1.49. The van der Waals surface area contributed by atoms with Gasteiger partial charge in [0.1, 0.15) is 17.4 Å². The number of fused-ring (bicyclic) bond motifs is 3. The number of nitrogens with zero attached hydrogens (tertiary/aromatic N) is 1. The Labute approximate surface area is 146 Å². The van der Waals surface area contributed by atoms with Crippen molar-refractivity contribution < 1.29 is 13.9 Å². The molecule has 0 amide bonds. The normalized spacial score (nSPS) is 30.8. The summed E-state index contributed by atoms with van der Waals surface area (Å²) < 4.78 is 11.5. The summed E-state index contributed by atoms with van der Waals surface area (Å²) >= 11 is 1.30. The minimum atomic E-state index is -0.170. The van der Waals surface area contributed by atoms with Crippen LogP contribution in [0.15, 0.2) is 33.9 Å². The molecule has 0 N–H and O–H groups in total. The number of carbonyl (C=O) groups excluding carboxylic acids is 1. The van der Waals surface area contributed by atoms with Crippen LogP contribution in [0.2, 0.25) is 0 Å². The maximum Gasteiger partial charge on any atom is 0.316 e. The molecular formula is C19H23NO3S. The van der Waals surface area contributed by atoms with Gasteiger partial charge in [-0.1, -0.05) is 44.7 Å². The molecule has 0 radical (unpaired) electrons. The zero-order valence-corrected chi connectivity index (χ0v) is 15.2. The highest BCUT2D eigenvalue weighted by molar-refractivity contribution is 7.99. The van der Waals surface area contributed by atoms with Gasteiger partial charge in [-0.3, -0.25) is 4.79 Å². The van der Waals surface area contributed by atoms with Gasteiger partial charge in [0, 0.05) is 5.41 Å². The number of thioether (sulfide) groups is 1. The van der Waals surface area contributed by atoms with Gasteiger partial charge in [-0.25, -0.2) is 4.98 Å². The lowest BCUT2D eigenvalue weighted by atomic mass is 9.70. The second kappa shape index (κ2) is 5.51. The molecule has 4 nitrogen and oxygen atoms in total. The van der Waals surface area contributed by atoms with Crippen molar-refractivity contribution in [2.75, 3.05) is 5.75 Å². The molecule has 2 bridgehead atoms. The SMILES string of the molecule is CC1(C)[C@@H]2CC[C@]1(C)[C@H](OC(=O)CSc1nc3ccccc3o1)C2. The van der Waals surface area contributed by atoms with E-state index in [-0.39, 0.29) is 28.7 Å². The zero-order chi connectivity index (χ0) is 16.9. The van der Waals surface area contributed by atoms with E-state index >= 15 is 0 Å². The van der Waals surface area contributed by atoms with Crippen LogP contribution in [-0.4, -0.2) is 22.8 Å². The van der Waals surface area contributed by atoms with Crippen molar-refractivity contribution >= 4 is 28.8 Å². The summed E-state index contributed by atoms with van der Waals surface area (Å²) in [5.74, 6) is 0.742. The average molecular weight is 345 g/mol. The quantitative estimate of drug-likeness (QED) is 0.595. The van der Waals surface area contributed by atoms with Crippen LogP contribution < -0.4 is 0 Å². The van der Waals surface area contributed by atoms with E-state index in [1.54, 1.807) is 0 Å². The minimum Gasteiger partial charge on any atom is -0.461 e. The van der Waals surface area contributed by atoms with Crippen LogP contribution in [0, 0.1) is 16.7 Å². The summed E-state index contributed by atoms with van der Waals surface area (Å²) in [5.41, 5.74) is 1.92. The van der Waals surface area contributed by atoms with E-state index in [0.717, 1.165) is 23.9 Å². The van der Waals surface area contributed by atoms with E-state index < -0.39 is 0 Å². The Bertz CT molecular complexity index is 751. The Morgan fingerprint density at radius 1 is 1.38 bits per heavy atom. The molecule has 2 aliphatic rings. The number of carbonyl (C=O) groups is 1. The van der Waals surface area contributed by atoms with E-state index in [9.17, 15) is 4.79 Å². The fraction of sp³-hybridized carbons (Fsp3) is 0.579. The zero-order valence-electron chi connectivity index (χ0n) is 14.4. The first-order valence-electron chi connectivity index (χ1n) is 8.58. The van der Waals surface area contributed by atoms with Crippen LogP contribution in [0.1, 0.15) is 40.0 Å². The molecule has 0 aliphatic heterocycles. The number of aromatic nitrogens is 1. The first-order chi connectivity index (χ1) is 11.4. The van der Waals surface area contributed by atoms with Crippen LogP contribution in [0.25, 0.3) is 11.1 Å². The molecule has 1 aromatic carbocycles. The van der Waals surface area contributed by atoms with E-state index in [2.05, 4.69) is 25.8 Å². The molecule has 5 heteroatoms. The Balaban J connectivity index is 1.37. The average Bonchev–Trinajstić information content (AvgIpc) is 3.11. The molecule has 2 fully saturated rings. The second-order valence-electron chi connectivity index (χ2n) is 7.83. The van der Waals surface area contributed by atoms with Crippen molar-refractivity contribution in [2.45, 2.75) is 51.4 Å². The van der Waals surface area contributed by atoms with Gasteiger partial charge in [-0.05, 0) is 42.7 Å². The highest BCUT2D eigenvalue weighted by Gasteiger charge is 2.62. The van der Waals surface area contributed by atoms with Crippen LogP contribution in [0.5, 0.6) is 0 Å². The van der Waals surface area contributed by atoms with Crippen molar-refractivity contribution in [2.24, 2.45) is 16.7 Å². The topological polar surface area (TPSA) is 52.3 Å². The Morgan fingerprint density at radius 2 is 2.17 bits per heavy atom. The number of hydrogen-bond donors (Lipinski definition) is 0. The van der Waals surface area contributed by atoms with Gasteiger partial charge < -0.3 is 9.15 Å². The maximum absolute atomic E-state index is 12.3. The second-order valence-corrected chi connectivity index (χ2v) is 8.75. The van der Waals surface area contributed by atoms with E-state index in [0.29, 0.717) is 11.1 Å². The molecule has 3 atom stereocenters. The third-order valence-corrected chi connectivity index (χ3v) is 7.38. The van der Waals surface area contributed by atoms with Crippen LogP contribution >= 0.6 is 11.8 Å². The number of oxazole rings is 1. The lowest BCUT2D eigenvalue weighted by Crippen LogP contribution is -2.38. The summed E-state index contributed by atoms with van der Waals surface area (Å²) in [5, 5.41) is 0.521. The predicted octanol–water partition coefficient (Wildman–Crippen LogP) is 4.68. The van der Waals surface area contributed by atoms with Gasteiger partial charge in [0.15, 0.2) is 5.58 Å². The lowest BCUT2D eigenvalue weighted by Gasteiger charge is -2.38. The summed E-state index contributed by atoms with van der Waals surface area (Å²) in [4.78, 5) is 16.7. The molecule has 128 valence electrons. The van der Waals surface area contributed by atoms with Crippen LogP contribution in [-0.2, 0) is 9.53 Å². The summed E-state index contributed by atoms with van der Waals surface area (Å²) in [7, 11) is 0. The van der Waals surface area contributed by atoms with Crippen molar-refractivity contribution in [3.05, 3.63) is 24.3 Å². The van der Waals surface area contributed by atoms with E-state index in [1.165, 1.54) is 18.2 Å². The maximum atomic E-state index is 12.3. The molecule has 0 saturated heterocycles. The van der Waals surface area contributed by atoms with Gasteiger partial charge >= 0.3 is 5.97 Å². The molecule has 2 aliphatic carbocycles. The standard InChI is InChI=1S/C19H23NO3S/c1-18(2)12-8-9-19(18,3)15(10-12)23-16(21)11-24-17-20-13-6-4-5-7-14(13)22-17/h4-7,12,15H,8-11H2,1-3H3/t12-,15-,19-/m1/s1. The van der Waals surface area contributed by atoms with Gasteiger partial charge in [-0.15, -0.1) is 0 Å². The molecule has 0 spiro atoms. The first kappa shape index (κ1) is 16.0. The number of rotatable bonds is 4. The first-order valence-corrected chi connectivity index (χ1v) is 9.56. The van der Waals surface area contributed by atoms with E-state index in [1.807, 2.05) is 24.3 Å². The number of para-hydroxylation sites is 2. The highest BCUT2D eigenvalue weighted by Crippen LogP contribution is 2.66. The predicted molar refractivity (Wildman–Crippen MR) is 93.8 cm³/mol. The molecule has 2 aromatic rings. The van der Waals surface area contributed by atoms with Gasteiger partial charge in [-0.2, -0.15) is 0 Å². The summed E-state index contributed by atoms with van der Waals surface area (Å²) in [6, 6.07) is 7.61. The number of hydrogen-bond acceptors (Lipinski definition) is 5. The monoisotopic (exact) mass is 345 g/mol. The third-order valence-electron chi connectivity index (χ3n) is 6.58. The molecule has 24 heavy (non-hydrogen) atoms. The molecule has 1 heterocycles. The molecule has 4 rings (SSSR count). The molecule has 1 aromatic heterocycles. The fourth-order valence-corrected chi connectivity index (χ4v) is 5.16. The van der Waals surface area contributed by atoms with Crippen molar-refractivity contribution in [1.29, 1.82) is 0 Å². The number of benzene rings is 1. The van der Waals surface area contributed by atoms with Gasteiger partial charge in [0.05, 0.1) is 0 Å². The van der Waals surface area contributed by atoms with Gasteiger partial charge in [0.2, 0.25) is 0 Å². The van der Waals surface area contributed by atoms with Crippen LogP contribution in [0.3, 0.4) is 0 Å². The van der Waals surface area contributed by atoms with Crippen molar-refractivity contribution in [1.82, 2.24) is 4.98 Å². The lowest BCUT2D eigenvalue weighted by molar-refractivity contribution is -0.153. The smallest absolute Gasteiger partial charge is 0.316 e. The Morgan fingerprint density at radius 3 is 2.83 bits per heavy atom. The largest absolute Gasteiger partial charge is 0.461 e. The third kappa shape index (κ3) is 2.36. The number of ether oxygens (including phenoxy) is 1. The Kier molecular flexibility index (Phi) is 3.68. The molecular weight excluding hydrogens is 322 g/mol. The molecule has 2 saturated carbocycles. The highest BCUT2D eigenvalue weighted by atomic mass is 32.2. The van der Waals surface area contributed by atoms with Crippen LogP contribution in [0.4, 0.5) is 0 Å². The van der Waals surface area contributed by atoms with E-state index in [4.69, 9.17) is 9.15 Å². The number of esters is 1. The van der Waals surface area contributed by atoms with Gasteiger partial charge in [0.25, 0.3) is 5.22 Å². The minimum absolute atomic E-state index is 0.0444. The fourth-order valence-electron chi connectivity index (χ4n) is 4.53. The van der Waals surface area contributed by atoms with Crippen molar-refractivity contribution in [3.8, 4) is 0 Å².